The van der Waals surface area contributed by atoms with E-state index >= 15 is 0 Å². The molecular weight excluding hydrogens is 655 g/mol. The first-order valence-corrected chi connectivity index (χ1v) is 18.9. The summed E-state index contributed by atoms with van der Waals surface area (Å²) in [4.78, 5) is 2.41. The van der Waals surface area contributed by atoms with Crippen LogP contribution in [0.1, 0.15) is 25.0 Å². The fraction of sp³-hybridized carbons (Fsp3) is 0.0588. The van der Waals surface area contributed by atoms with Gasteiger partial charge < -0.3 is 13.9 Å². The molecule has 0 amide bonds. The number of nitrogens with zero attached hydrogens (tertiary/aromatic N) is 3. The van der Waals surface area contributed by atoms with Crippen LogP contribution in [0, 0.1) is 0 Å². The molecule has 3 aromatic heterocycles. The van der Waals surface area contributed by atoms with Crippen LogP contribution in [-0.4, -0.2) is 8.97 Å². The van der Waals surface area contributed by atoms with Crippen molar-refractivity contribution in [2.75, 3.05) is 4.90 Å². The van der Waals surface area contributed by atoms with E-state index in [0.717, 1.165) is 22.7 Å². The molecular formula is C51H35N3. The van der Waals surface area contributed by atoms with Gasteiger partial charge in [0.2, 0.25) is 0 Å². The largest absolute Gasteiger partial charge is 0.310 e. The molecule has 254 valence electrons. The third-order valence-corrected chi connectivity index (χ3v) is 12.2. The lowest BCUT2D eigenvalue weighted by molar-refractivity contribution is 0.660. The molecule has 0 atom stereocenters. The number of aromatic nitrogens is 2. The van der Waals surface area contributed by atoms with Crippen LogP contribution in [0.15, 0.2) is 176 Å². The van der Waals surface area contributed by atoms with E-state index in [1.165, 1.54) is 82.2 Å². The Balaban J connectivity index is 1.12. The van der Waals surface area contributed by atoms with Crippen LogP contribution in [0.2, 0.25) is 0 Å². The van der Waals surface area contributed by atoms with Gasteiger partial charge in [0.25, 0.3) is 0 Å². The van der Waals surface area contributed by atoms with Gasteiger partial charge >= 0.3 is 0 Å². The summed E-state index contributed by atoms with van der Waals surface area (Å²) in [5.74, 6) is 0. The molecule has 1 aliphatic carbocycles. The van der Waals surface area contributed by atoms with Crippen LogP contribution in [0.5, 0.6) is 0 Å². The van der Waals surface area contributed by atoms with Crippen LogP contribution in [-0.2, 0) is 5.41 Å². The van der Waals surface area contributed by atoms with Gasteiger partial charge in [-0.2, -0.15) is 0 Å². The summed E-state index contributed by atoms with van der Waals surface area (Å²) in [7, 11) is 0. The van der Waals surface area contributed by atoms with E-state index in [9.17, 15) is 0 Å². The highest BCUT2D eigenvalue weighted by atomic mass is 15.1. The SMILES string of the molecule is CC1(C)c2ccccc2-c2ccc(N(c3ccccc3)c3cccc(-n4c5cccc6c7cccc8c9ccccc9n(c9cccc4c9c65)c78)c3)cc21. The summed E-state index contributed by atoms with van der Waals surface area (Å²) >= 11 is 0. The van der Waals surface area contributed by atoms with Gasteiger partial charge in [0.15, 0.2) is 0 Å². The predicted molar refractivity (Wildman–Crippen MR) is 228 cm³/mol. The molecule has 3 nitrogen and oxygen atoms in total. The highest BCUT2D eigenvalue weighted by molar-refractivity contribution is 6.31. The highest BCUT2D eigenvalue weighted by Gasteiger charge is 2.35. The molecule has 11 aromatic rings. The standard InChI is InChI=1S/C51H35N3/c1-51(2)42-23-8-6-18-36(42)37-29-28-35(31-43(37)51)52(32-14-4-3-5-15-32)33-16-10-17-34(30-33)53-45-25-12-20-39-41-22-11-21-40-38-19-7-9-24-44(38)54(50(40)41)47-27-13-26-46(53)49(47)48(39)45/h3-31H,1-2H3. The quantitative estimate of drug-likeness (QED) is 0.179. The molecule has 3 heterocycles. The Morgan fingerprint density at radius 2 is 1.00 bits per heavy atom. The van der Waals surface area contributed by atoms with Gasteiger partial charge in [0, 0.05) is 55.1 Å². The lowest BCUT2D eigenvalue weighted by Crippen LogP contribution is -2.16. The molecule has 0 bridgehead atoms. The minimum Gasteiger partial charge on any atom is -0.310 e. The van der Waals surface area contributed by atoms with E-state index in [-0.39, 0.29) is 5.41 Å². The van der Waals surface area contributed by atoms with Crippen molar-refractivity contribution in [2.45, 2.75) is 19.3 Å². The highest BCUT2D eigenvalue weighted by Crippen LogP contribution is 2.51. The number of benzene rings is 8. The zero-order chi connectivity index (χ0) is 35.7. The Kier molecular flexibility index (Phi) is 5.84. The van der Waals surface area contributed by atoms with Crippen LogP contribution in [0.25, 0.3) is 76.7 Å². The summed E-state index contributed by atoms with van der Waals surface area (Å²) < 4.78 is 4.98. The first kappa shape index (κ1) is 29.7. The van der Waals surface area contributed by atoms with E-state index < -0.39 is 0 Å². The molecule has 3 heteroatoms. The second-order valence-corrected chi connectivity index (χ2v) is 15.4. The maximum atomic E-state index is 2.51. The average Bonchev–Trinajstić information content (AvgIpc) is 3.78. The van der Waals surface area contributed by atoms with Crippen molar-refractivity contribution < 1.29 is 0 Å². The molecule has 0 aliphatic heterocycles. The molecule has 8 aromatic carbocycles. The number of hydrogen-bond acceptors (Lipinski definition) is 1. The molecule has 1 aliphatic rings. The van der Waals surface area contributed by atoms with Gasteiger partial charge in [0.05, 0.1) is 27.6 Å². The topological polar surface area (TPSA) is 12.6 Å². The molecule has 0 saturated heterocycles. The molecule has 0 spiro atoms. The third kappa shape index (κ3) is 3.80. The van der Waals surface area contributed by atoms with E-state index in [1.807, 2.05) is 0 Å². The minimum atomic E-state index is -0.0925. The first-order chi connectivity index (χ1) is 26.6. The van der Waals surface area contributed by atoms with E-state index in [0.29, 0.717) is 0 Å². The van der Waals surface area contributed by atoms with Gasteiger partial charge in [-0.3, -0.25) is 0 Å². The van der Waals surface area contributed by atoms with Crippen molar-refractivity contribution >= 4 is 77.0 Å². The van der Waals surface area contributed by atoms with Crippen molar-refractivity contribution in [2.24, 2.45) is 0 Å². The second kappa shape index (κ2) is 10.6. The molecule has 0 unspecified atom stereocenters. The van der Waals surface area contributed by atoms with Crippen molar-refractivity contribution in [3.8, 4) is 16.8 Å². The lowest BCUT2D eigenvalue weighted by Gasteiger charge is -2.28. The van der Waals surface area contributed by atoms with E-state index in [2.05, 4.69) is 204 Å². The Hall–Kier alpha value is -6.84. The molecule has 54 heavy (non-hydrogen) atoms. The Morgan fingerprint density at radius 1 is 0.407 bits per heavy atom. The normalized spacial score (nSPS) is 13.5. The Labute approximate surface area is 312 Å². The molecule has 0 N–H and O–H groups in total. The molecule has 0 radical (unpaired) electrons. The van der Waals surface area contributed by atoms with Gasteiger partial charge in [-0.15, -0.1) is 0 Å². The number of fused-ring (bicyclic) bond motifs is 8. The third-order valence-electron chi connectivity index (χ3n) is 12.2. The van der Waals surface area contributed by atoms with Gasteiger partial charge in [0.1, 0.15) is 0 Å². The zero-order valence-electron chi connectivity index (χ0n) is 30.1. The van der Waals surface area contributed by atoms with Gasteiger partial charge in [-0.1, -0.05) is 123 Å². The maximum absolute atomic E-state index is 2.51. The smallest absolute Gasteiger partial charge is 0.0619 e. The van der Waals surface area contributed by atoms with E-state index in [1.54, 1.807) is 0 Å². The van der Waals surface area contributed by atoms with Gasteiger partial charge in [-0.05, 0) is 94.4 Å². The average molecular weight is 690 g/mol. The van der Waals surface area contributed by atoms with E-state index in [4.69, 9.17) is 0 Å². The summed E-state index contributed by atoms with van der Waals surface area (Å²) in [5.41, 5.74) is 16.0. The molecule has 0 saturated carbocycles. The Bertz CT molecular complexity index is 3310. The van der Waals surface area contributed by atoms with Crippen molar-refractivity contribution in [1.29, 1.82) is 0 Å². The van der Waals surface area contributed by atoms with Crippen molar-refractivity contribution in [1.82, 2.24) is 8.97 Å². The summed E-state index contributed by atoms with van der Waals surface area (Å²) in [6.07, 6.45) is 0. The van der Waals surface area contributed by atoms with Crippen LogP contribution < -0.4 is 4.90 Å². The fourth-order valence-electron chi connectivity index (χ4n) is 9.89. The summed E-state index contributed by atoms with van der Waals surface area (Å²) in [6, 6.07) is 65.1. The molecule has 12 rings (SSSR count). The van der Waals surface area contributed by atoms with Crippen molar-refractivity contribution in [3.63, 3.8) is 0 Å². The molecule has 0 fully saturated rings. The number of anilines is 3. The van der Waals surface area contributed by atoms with Crippen LogP contribution in [0.4, 0.5) is 17.1 Å². The summed E-state index contributed by atoms with van der Waals surface area (Å²) in [5, 5.41) is 7.72. The number of rotatable bonds is 4. The van der Waals surface area contributed by atoms with Crippen molar-refractivity contribution in [3.05, 3.63) is 187 Å². The lowest BCUT2D eigenvalue weighted by atomic mass is 9.82. The minimum absolute atomic E-state index is 0.0925. The predicted octanol–water partition coefficient (Wildman–Crippen LogP) is 13.7. The first-order valence-electron chi connectivity index (χ1n) is 18.9. The Morgan fingerprint density at radius 3 is 1.89 bits per heavy atom. The fourth-order valence-corrected chi connectivity index (χ4v) is 9.89. The van der Waals surface area contributed by atoms with Gasteiger partial charge in [-0.25, -0.2) is 0 Å². The number of para-hydroxylation sites is 3. The number of hydrogen-bond donors (Lipinski definition) is 0. The second-order valence-electron chi connectivity index (χ2n) is 15.4. The maximum Gasteiger partial charge on any atom is 0.0619 e. The monoisotopic (exact) mass is 689 g/mol. The zero-order valence-corrected chi connectivity index (χ0v) is 30.1. The van der Waals surface area contributed by atoms with Crippen LogP contribution in [0.3, 0.4) is 0 Å². The van der Waals surface area contributed by atoms with Crippen LogP contribution >= 0.6 is 0 Å². The summed E-state index contributed by atoms with van der Waals surface area (Å²) in [6.45, 7) is 4.71.